The molecule has 0 bridgehead atoms. The summed E-state index contributed by atoms with van der Waals surface area (Å²) < 4.78 is 12.8. The van der Waals surface area contributed by atoms with E-state index in [1.54, 1.807) is 14.2 Å². The number of methoxy groups -OCH3 is 2. The number of ether oxygens (including phenoxy) is 2. The van der Waals surface area contributed by atoms with E-state index in [2.05, 4.69) is 25.2 Å². The fourth-order valence-electron chi connectivity index (χ4n) is 2.75. The molecule has 0 amide bonds. The zero-order valence-corrected chi connectivity index (χ0v) is 12.3. The highest BCUT2D eigenvalue weighted by Crippen LogP contribution is 2.31. The van der Waals surface area contributed by atoms with Crippen molar-refractivity contribution in [3.05, 3.63) is 11.8 Å². The Morgan fingerprint density at radius 1 is 1.47 bits per heavy atom. The predicted molar refractivity (Wildman–Crippen MR) is 75.5 cm³/mol. The molecule has 0 aromatic carbocycles. The Hall–Kier alpha value is -1.07. The Bertz CT molecular complexity index is 401. The van der Waals surface area contributed by atoms with Gasteiger partial charge in [0.1, 0.15) is 11.9 Å². The van der Waals surface area contributed by atoms with Gasteiger partial charge in [-0.05, 0) is 12.8 Å². The molecule has 1 aliphatic rings. The second-order valence-electron chi connectivity index (χ2n) is 5.21. The molecule has 2 atom stereocenters. The largest absolute Gasteiger partial charge is 0.370 e. The standard InChI is InChI=1S/C14H25N3O2/c1-5-6-10(2)11-9-13-15-8-7-12(17(13)16-11)14(18-3)19-4/h9-10,12,14-15H,5-8H2,1-4H3. The molecule has 0 radical (unpaired) electrons. The van der Waals surface area contributed by atoms with Crippen LogP contribution in [0.1, 0.15) is 50.8 Å². The number of aromatic nitrogens is 2. The van der Waals surface area contributed by atoms with Crippen LogP contribution in [0.3, 0.4) is 0 Å². The van der Waals surface area contributed by atoms with Gasteiger partial charge in [-0.1, -0.05) is 20.3 Å². The lowest BCUT2D eigenvalue weighted by atomic mass is 10.0. The van der Waals surface area contributed by atoms with Gasteiger partial charge in [0.15, 0.2) is 6.29 Å². The zero-order valence-electron chi connectivity index (χ0n) is 12.3. The van der Waals surface area contributed by atoms with Gasteiger partial charge in [0, 0.05) is 32.7 Å². The molecule has 19 heavy (non-hydrogen) atoms. The van der Waals surface area contributed by atoms with Crippen LogP contribution < -0.4 is 5.32 Å². The van der Waals surface area contributed by atoms with Crippen molar-refractivity contribution >= 4 is 5.82 Å². The maximum Gasteiger partial charge on any atom is 0.179 e. The summed E-state index contributed by atoms with van der Waals surface area (Å²) in [4.78, 5) is 0. The topological polar surface area (TPSA) is 48.3 Å². The average molecular weight is 267 g/mol. The lowest BCUT2D eigenvalue weighted by Crippen LogP contribution is -2.34. The summed E-state index contributed by atoms with van der Waals surface area (Å²) in [6, 6.07) is 2.31. The number of nitrogens with one attached hydrogen (secondary N) is 1. The molecule has 5 heteroatoms. The quantitative estimate of drug-likeness (QED) is 0.805. The Morgan fingerprint density at radius 2 is 2.21 bits per heavy atom. The van der Waals surface area contributed by atoms with E-state index in [0.29, 0.717) is 5.92 Å². The first kappa shape index (κ1) is 14.3. The van der Waals surface area contributed by atoms with E-state index in [-0.39, 0.29) is 12.3 Å². The summed E-state index contributed by atoms with van der Waals surface area (Å²) in [6.07, 6.45) is 3.07. The summed E-state index contributed by atoms with van der Waals surface area (Å²) in [5, 5.41) is 8.16. The minimum absolute atomic E-state index is 0.147. The first-order valence-corrected chi connectivity index (χ1v) is 7.10. The highest BCUT2D eigenvalue weighted by molar-refractivity contribution is 5.40. The SMILES string of the molecule is CCCC(C)c1cc2n(n1)C(C(OC)OC)CCN2. The van der Waals surface area contributed by atoms with Crippen molar-refractivity contribution in [2.75, 3.05) is 26.1 Å². The van der Waals surface area contributed by atoms with Gasteiger partial charge in [0.05, 0.1) is 5.69 Å². The first-order chi connectivity index (χ1) is 9.21. The highest BCUT2D eigenvalue weighted by atomic mass is 16.7. The molecule has 1 aromatic heterocycles. The van der Waals surface area contributed by atoms with E-state index >= 15 is 0 Å². The second-order valence-corrected chi connectivity index (χ2v) is 5.21. The van der Waals surface area contributed by atoms with Crippen molar-refractivity contribution in [3.63, 3.8) is 0 Å². The van der Waals surface area contributed by atoms with Crippen molar-refractivity contribution < 1.29 is 9.47 Å². The monoisotopic (exact) mass is 267 g/mol. The number of hydrogen-bond donors (Lipinski definition) is 1. The summed E-state index contributed by atoms with van der Waals surface area (Å²) in [5.74, 6) is 1.57. The molecule has 2 rings (SSSR count). The van der Waals surface area contributed by atoms with Crippen LogP contribution >= 0.6 is 0 Å². The van der Waals surface area contributed by atoms with Gasteiger partial charge in [-0.15, -0.1) is 0 Å². The molecular weight excluding hydrogens is 242 g/mol. The fourth-order valence-corrected chi connectivity index (χ4v) is 2.75. The van der Waals surface area contributed by atoms with Crippen LogP contribution in [0.25, 0.3) is 0 Å². The number of anilines is 1. The van der Waals surface area contributed by atoms with Crippen LogP contribution in [0.15, 0.2) is 6.07 Å². The van der Waals surface area contributed by atoms with Crippen LogP contribution in [-0.4, -0.2) is 36.8 Å². The van der Waals surface area contributed by atoms with E-state index in [4.69, 9.17) is 14.6 Å². The number of rotatable bonds is 6. The van der Waals surface area contributed by atoms with Crippen LogP contribution in [0, 0.1) is 0 Å². The molecule has 0 saturated carbocycles. The number of hydrogen-bond acceptors (Lipinski definition) is 4. The molecule has 0 spiro atoms. The van der Waals surface area contributed by atoms with Crippen molar-refractivity contribution in [2.24, 2.45) is 0 Å². The summed E-state index contributed by atoms with van der Waals surface area (Å²) in [7, 11) is 3.36. The molecule has 1 aliphatic heterocycles. The predicted octanol–water partition coefficient (Wildman–Crippen LogP) is 2.76. The smallest absolute Gasteiger partial charge is 0.179 e. The zero-order chi connectivity index (χ0) is 13.8. The minimum atomic E-state index is -0.241. The van der Waals surface area contributed by atoms with Gasteiger partial charge in [-0.25, -0.2) is 4.68 Å². The number of nitrogens with zero attached hydrogens (tertiary/aromatic N) is 2. The molecule has 2 heterocycles. The normalized spacial score (nSPS) is 20.2. The van der Waals surface area contributed by atoms with Crippen LogP contribution in [0.5, 0.6) is 0 Å². The Balaban J connectivity index is 2.23. The lowest BCUT2D eigenvalue weighted by molar-refractivity contribution is -0.135. The first-order valence-electron chi connectivity index (χ1n) is 7.10. The van der Waals surface area contributed by atoms with Crippen molar-refractivity contribution in [3.8, 4) is 0 Å². The Morgan fingerprint density at radius 3 is 2.84 bits per heavy atom. The van der Waals surface area contributed by atoms with Gasteiger partial charge in [0.25, 0.3) is 0 Å². The van der Waals surface area contributed by atoms with Crippen LogP contribution in [0.4, 0.5) is 5.82 Å². The fraction of sp³-hybridized carbons (Fsp3) is 0.786. The van der Waals surface area contributed by atoms with Gasteiger partial charge in [-0.3, -0.25) is 0 Å². The molecule has 0 fully saturated rings. The van der Waals surface area contributed by atoms with E-state index < -0.39 is 0 Å². The van der Waals surface area contributed by atoms with Crippen molar-refractivity contribution in [1.82, 2.24) is 9.78 Å². The van der Waals surface area contributed by atoms with Gasteiger partial charge >= 0.3 is 0 Å². The molecule has 5 nitrogen and oxygen atoms in total. The molecular formula is C14H25N3O2. The van der Waals surface area contributed by atoms with E-state index in [1.807, 2.05) is 4.68 Å². The third-order valence-corrected chi connectivity index (χ3v) is 3.82. The highest BCUT2D eigenvalue weighted by Gasteiger charge is 2.29. The molecule has 1 N–H and O–H groups in total. The third kappa shape index (κ3) is 2.92. The van der Waals surface area contributed by atoms with Crippen molar-refractivity contribution in [2.45, 2.75) is 51.4 Å². The number of fused-ring (bicyclic) bond motifs is 1. The molecule has 0 saturated heterocycles. The Labute approximate surface area is 115 Å². The summed E-state index contributed by atoms with van der Waals surface area (Å²) in [5.41, 5.74) is 1.15. The summed E-state index contributed by atoms with van der Waals surface area (Å²) in [6.45, 7) is 5.37. The third-order valence-electron chi connectivity index (χ3n) is 3.82. The van der Waals surface area contributed by atoms with E-state index in [9.17, 15) is 0 Å². The van der Waals surface area contributed by atoms with E-state index in [1.165, 1.54) is 12.8 Å². The summed E-state index contributed by atoms with van der Waals surface area (Å²) >= 11 is 0. The maximum atomic E-state index is 5.40. The average Bonchev–Trinajstić information content (AvgIpc) is 2.85. The van der Waals surface area contributed by atoms with Crippen LogP contribution in [-0.2, 0) is 9.47 Å². The minimum Gasteiger partial charge on any atom is -0.370 e. The van der Waals surface area contributed by atoms with Gasteiger partial charge in [-0.2, -0.15) is 5.10 Å². The molecule has 108 valence electrons. The molecule has 1 aromatic rings. The second kappa shape index (κ2) is 6.39. The van der Waals surface area contributed by atoms with Crippen molar-refractivity contribution in [1.29, 1.82) is 0 Å². The van der Waals surface area contributed by atoms with E-state index in [0.717, 1.165) is 24.5 Å². The van der Waals surface area contributed by atoms with Gasteiger partial charge < -0.3 is 14.8 Å². The molecule has 2 unspecified atom stereocenters. The Kier molecular flexibility index (Phi) is 4.82. The van der Waals surface area contributed by atoms with Crippen LogP contribution in [0.2, 0.25) is 0 Å². The maximum absolute atomic E-state index is 5.40. The van der Waals surface area contributed by atoms with Gasteiger partial charge in [0.2, 0.25) is 0 Å². The lowest BCUT2D eigenvalue weighted by Gasteiger charge is -2.30. The molecule has 0 aliphatic carbocycles.